The van der Waals surface area contributed by atoms with Crippen molar-refractivity contribution in [1.29, 1.82) is 0 Å². The average Bonchev–Trinajstić information content (AvgIpc) is 3.19. The molecule has 1 aliphatic rings. The van der Waals surface area contributed by atoms with Crippen LogP contribution in [0.1, 0.15) is 16.1 Å². The first kappa shape index (κ1) is 20.1. The third-order valence-corrected chi connectivity index (χ3v) is 5.47. The van der Waals surface area contributed by atoms with Crippen molar-refractivity contribution in [2.24, 2.45) is 5.92 Å². The lowest BCUT2D eigenvalue weighted by molar-refractivity contribution is 0.0737. The maximum absolute atomic E-state index is 13.3. The molecule has 4 heterocycles. The van der Waals surface area contributed by atoms with Crippen LogP contribution in [0.2, 0.25) is 0 Å². The van der Waals surface area contributed by atoms with Gasteiger partial charge in [-0.15, -0.1) is 0 Å². The van der Waals surface area contributed by atoms with E-state index in [2.05, 4.69) is 25.4 Å². The zero-order chi connectivity index (χ0) is 21.8. The van der Waals surface area contributed by atoms with Crippen molar-refractivity contribution in [3.8, 4) is 11.8 Å². The molecule has 4 aromatic rings. The van der Waals surface area contributed by atoms with Crippen molar-refractivity contribution < 1.29 is 14.3 Å². The fourth-order valence-electron chi connectivity index (χ4n) is 3.97. The van der Waals surface area contributed by atoms with Gasteiger partial charge in [-0.25, -0.2) is 9.97 Å². The van der Waals surface area contributed by atoms with Crippen LogP contribution < -0.4 is 4.74 Å². The van der Waals surface area contributed by atoms with Gasteiger partial charge in [-0.2, -0.15) is 0 Å². The van der Waals surface area contributed by atoms with Crippen molar-refractivity contribution in [2.75, 3.05) is 26.3 Å². The SMILES string of the molecule is O=C(c1cccc(Oc2ncccn2)c1)N1CCOC[C@H](Cc2nccn3cccc23)C1. The fourth-order valence-corrected chi connectivity index (χ4v) is 3.97. The molecule has 0 spiro atoms. The number of aromatic nitrogens is 4. The second kappa shape index (κ2) is 9.15. The van der Waals surface area contributed by atoms with Gasteiger partial charge in [-0.3, -0.25) is 9.78 Å². The van der Waals surface area contributed by atoms with Gasteiger partial charge in [0.05, 0.1) is 24.4 Å². The van der Waals surface area contributed by atoms with Gasteiger partial charge in [0.2, 0.25) is 0 Å². The molecule has 1 saturated heterocycles. The molecule has 0 bridgehead atoms. The minimum atomic E-state index is -0.0474. The van der Waals surface area contributed by atoms with E-state index in [1.165, 1.54) is 0 Å². The van der Waals surface area contributed by atoms with Gasteiger partial charge in [0.25, 0.3) is 5.91 Å². The third-order valence-electron chi connectivity index (χ3n) is 5.47. The molecule has 1 aliphatic heterocycles. The van der Waals surface area contributed by atoms with Crippen molar-refractivity contribution in [3.05, 3.63) is 84.7 Å². The van der Waals surface area contributed by atoms with Gasteiger partial charge in [-0.1, -0.05) is 6.07 Å². The number of hydrogen-bond acceptors (Lipinski definition) is 6. The second-order valence-corrected chi connectivity index (χ2v) is 7.73. The fraction of sp³-hybridized carbons (Fsp3) is 0.250. The normalized spacial score (nSPS) is 16.6. The van der Waals surface area contributed by atoms with Crippen LogP contribution in [-0.4, -0.2) is 56.5 Å². The summed E-state index contributed by atoms with van der Waals surface area (Å²) in [4.78, 5) is 27.9. The minimum absolute atomic E-state index is 0.0474. The maximum Gasteiger partial charge on any atom is 0.321 e. The molecule has 162 valence electrons. The van der Waals surface area contributed by atoms with Crippen LogP contribution in [0, 0.1) is 5.92 Å². The first-order valence-corrected chi connectivity index (χ1v) is 10.6. The number of amides is 1. The first-order chi connectivity index (χ1) is 15.8. The summed E-state index contributed by atoms with van der Waals surface area (Å²) < 4.78 is 13.6. The summed E-state index contributed by atoms with van der Waals surface area (Å²) >= 11 is 0. The predicted octanol–water partition coefficient (Wildman–Crippen LogP) is 3.25. The van der Waals surface area contributed by atoms with Gasteiger partial charge in [0, 0.05) is 55.6 Å². The minimum Gasteiger partial charge on any atom is -0.424 e. The van der Waals surface area contributed by atoms with Crippen LogP contribution in [0.5, 0.6) is 11.8 Å². The van der Waals surface area contributed by atoms with E-state index in [9.17, 15) is 4.79 Å². The number of carbonyl (C=O) groups is 1. The summed E-state index contributed by atoms with van der Waals surface area (Å²) in [5.41, 5.74) is 2.66. The number of carbonyl (C=O) groups excluding carboxylic acids is 1. The van der Waals surface area contributed by atoms with Crippen LogP contribution in [0.15, 0.2) is 73.4 Å². The van der Waals surface area contributed by atoms with Crippen LogP contribution >= 0.6 is 0 Å². The van der Waals surface area contributed by atoms with Crippen LogP contribution in [-0.2, 0) is 11.2 Å². The van der Waals surface area contributed by atoms with E-state index in [4.69, 9.17) is 9.47 Å². The summed E-state index contributed by atoms with van der Waals surface area (Å²) in [6.45, 7) is 2.26. The van der Waals surface area contributed by atoms with Crippen molar-refractivity contribution >= 4 is 11.4 Å². The van der Waals surface area contributed by atoms with E-state index in [-0.39, 0.29) is 17.8 Å². The lowest BCUT2D eigenvalue weighted by Crippen LogP contribution is -2.36. The Morgan fingerprint density at radius 2 is 1.97 bits per heavy atom. The molecule has 1 aromatic carbocycles. The highest BCUT2D eigenvalue weighted by Gasteiger charge is 2.25. The Hall–Kier alpha value is -3.78. The average molecular weight is 429 g/mol. The number of fused-ring (bicyclic) bond motifs is 1. The number of ether oxygens (including phenoxy) is 2. The van der Waals surface area contributed by atoms with Crippen LogP contribution in [0.3, 0.4) is 0 Å². The van der Waals surface area contributed by atoms with E-state index in [0.717, 1.165) is 17.6 Å². The molecule has 1 amide bonds. The Bertz CT molecular complexity index is 1210. The van der Waals surface area contributed by atoms with Gasteiger partial charge in [0.1, 0.15) is 5.75 Å². The van der Waals surface area contributed by atoms with Crippen molar-refractivity contribution in [1.82, 2.24) is 24.3 Å². The molecule has 0 radical (unpaired) electrons. The summed E-state index contributed by atoms with van der Waals surface area (Å²) in [6, 6.07) is 13.1. The smallest absolute Gasteiger partial charge is 0.321 e. The summed E-state index contributed by atoms with van der Waals surface area (Å²) in [5, 5.41) is 0. The number of benzene rings is 1. The van der Waals surface area contributed by atoms with E-state index < -0.39 is 0 Å². The first-order valence-electron chi connectivity index (χ1n) is 10.6. The molecule has 0 saturated carbocycles. The Labute approximate surface area is 185 Å². The predicted molar refractivity (Wildman–Crippen MR) is 118 cm³/mol. The maximum atomic E-state index is 13.3. The monoisotopic (exact) mass is 429 g/mol. The lowest BCUT2D eigenvalue weighted by Gasteiger charge is -2.24. The Kier molecular flexibility index (Phi) is 5.76. The molecule has 0 unspecified atom stereocenters. The topological polar surface area (TPSA) is 81.8 Å². The van der Waals surface area contributed by atoms with Gasteiger partial charge < -0.3 is 18.8 Å². The molecule has 5 rings (SSSR count). The van der Waals surface area contributed by atoms with Gasteiger partial charge in [-0.05, 0) is 42.8 Å². The van der Waals surface area contributed by atoms with Gasteiger partial charge >= 0.3 is 6.01 Å². The van der Waals surface area contributed by atoms with E-state index in [1.54, 1.807) is 42.7 Å². The van der Waals surface area contributed by atoms with Crippen molar-refractivity contribution in [3.63, 3.8) is 0 Å². The molecule has 8 nitrogen and oxygen atoms in total. The molecule has 1 fully saturated rings. The van der Waals surface area contributed by atoms with E-state index in [0.29, 0.717) is 37.6 Å². The Morgan fingerprint density at radius 1 is 1.06 bits per heavy atom. The van der Waals surface area contributed by atoms with E-state index in [1.807, 2.05) is 29.6 Å². The van der Waals surface area contributed by atoms with Crippen molar-refractivity contribution in [2.45, 2.75) is 6.42 Å². The quantitative estimate of drug-likeness (QED) is 0.484. The summed E-state index contributed by atoms with van der Waals surface area (Å²) in [6.07, 6.45) is 9.72. The van der Waals surface area contributed by atoms with Gasteiger partial charge in [0.15, 0.2) is 0 Å². The highest BCUT2D eigenvalue weighted by Crippen LogP contribution is 2.22. The molecular weight excluding hydrogens is 406 g/mol. The lowest BCUT2D eigenvalue weighted by atomic mass is 10.0. The zero-order valence-electron chi connectivity index (χ0n) is 17.5. The molecular formula is C24H23N5O3. The Morgan fingerprint density at radius 3 is 2.88 bits per heavy atom. The highest BCUT2D eigenvalue weighted by molar-refractivity contribution is 5.94. The molecule has 3 aromatic heterocycles. The molecule has 0 aliphatic carbocycles. The van der Waals surface area contributed by atoms with Crippen LogP contribution in [0.25, 0.3) is 5.52 Å². The highest BCUT2D eigenvalue weighted by atomic mass is 16.5. The number of nitrogens with zero attached hydrogens (tertiary/aromatic N) is 5. The Balaban J connectivity index is 1.31. The summed E-state index contributed by atoms with van der Waals surface area (Å²) in [5.74, 6) is 0.634. The standard InChI is InChI=1S/C24H23N5O3/c30-23(19-4-1-5-20(15-19)32-24-26-7-3-8-27-24)29-12-13-31-17-18(16-29)14-21-22-6-2-10-28(22)11-9-25-21/h1-11,15,18H,12-14,16-17H2/t18-/m1/s1. The second-order valence-electron chi connectivity index (χ2n) is 7.73. The molecule has 1 atom stereocenters. The zero-order valence-corrected chi connectivity index (χ0v) is 17.5. The molecule has 32 heavy (non-hydrogen) atoms. The molecule has 8 heteroatoms. The number of rotatable bonds is 5. The molecule has 0 N–H and O–H groups in total. The summed E-state index contributed by atoms with van der Waals surface area (Å²) in [7, 11) is 0. The largest absolute Gasteiger partial charge is 0.424 e. The van der Waals surface area contributed by atoms with Crippen LogP contribution in [0.4, 0.5) is 0 Å². The number of hydrogen-bond donors (Lipinski definition) is 0. The van der Waals surface area contributed by atoms with E-state index >= 15 is 0 Å². The third kappa shape index (κ3) is 4.45.